The van der Waals surface area contributed by atoms with Crippen LogP contribution in [0.15, 0.2) is 61.4 Å². The van der Waals surface area contributed by atoms with Gasteiger partial charge in [-0.3, -0.25) is 9.20 Å². The number of aromatic nitrogens is 3. The maximum atomic E-state index is 12.0. The van der Waals surface area contributed by atoms with Crippen LogP contribution in [-0.4, -0.2) is 41.6 Å². The Morgan fingerprint density at radius 3 is 2.38 bits per heavy atom. The van der Waals surface area contributed by atoms with Gasteiger partial charge >= 0.3 is 0 Å². The summed E-state index contributed by atoms with van der Waals surface area (Å²) in [6, 6.07) is 10.8. The molecule has 0 fully saturated rings. The third-order valence-electron chi connectivity index (χ3n) is 6.31. The van der Waals surface area contributed by atoms with Crippen molar-refractivity contribution in [2.75, 3.05) is 32.0 Å². The summed E-state index contributed by atoms with van der Waals surface area (Å²) in [7, 11) is 4.62. The molecule has 3 heterocycles. The number of amides is 1. The summed E-state index contributed by atoms with van der Waals surface area (Å²) >= 11 is 13.5. The van der Waals surface area contributed by atoms with Gasteiger partial charge in [-0.2, -0.15) is 0 Å². The Labute approximate surface area is 240 Å². The first-order valence-electron chi connectivity index (χ1n) is 12.0. The minimum Gasteiger partial charge on any atom is -0.497 e. The first-order valence-corrected chi connectivity index (χ1v) is 12.8. The van der Waals surface area contributed by atoms with Crippen LogP contribution in [0.25, 0.3) is 27.7 Å². The number of halogens is 2. The highest BCUT2D eigenvalue weighted by atomic mass is 35.5. The van der Waals surface area contributed by atoms with Crippen LogP contribution in [0, 0.1) is 6.92 Å². The minimum atomic E-state index is -0.350. The molecule has 0 spiro atoms. The van der Waals surface area contributed by atoms with Crippen molar-refractivity contribution in [2.45, 2.75) is 6.92 Å². The van der Waals surface area contributed by atoms with E-state index in [1.165, 1.54) is 20.3 Å². The highest BCUT2D eigenvalue weighted by Gasteiger charge is 2.23. The van der Waals surface area contributed by atoms with E-state index in [9.17, 15) is 4.79 Å². The monoisotopic (exact) mass is 577 g/mol. The molecule has 40 heavy (non-hydrogen) atoms. The van der Waals surface area contributed by atoms with Crippen LogP contribution in [0.2, 0.25) is 10.0 Å². The molecule has 0 bridgehead atoms. The van der Waals surface area contributed by atoms with Crippen LogP contribution < -0.4 is 24.8 Å². The smallest absolute Gasteiger partial charge is 0.247 e. The molecule has 2 N–H and O–H groups in total. The largest absolute Gasteiger partial charge is 0.497 e. The lowest BCUT2D eigenvalue weighted by Crippen LogP contribution is -2.09. The van der Waals surface area contributed by atoms with Gasteiger partial charge in [-0.15, -0.1) is 0 Å². The lowest BCUT2D eigenvalue weighted by molar-refractivity contribution is -0.111. The molecule has 0 atom stereocenters. The Balaban J connectivity index is 1.67. The SMILES string of the molecule is C=CC(=O)Nc1cc(OC)ccc1Nc1cc2c(cn1)cc(-c1c(Cl)c(OC)cc(OC)c1Cl)c1nc(C)cn12. The normalized spacial score (nSPS) is 10.9. The Hall–Kier alpha value is -4.47. The number of carbonyl (C=O) groups is 1. The first kappa shape index (κ1) is 27.1. The maximum absolute atomic E-state index is 12.0. The number of methoxy groups -OCH3 is 3. The van der Waals surface area contributed by atoms with Crippen LogP contribution in [-0.2, 0) is 4.79 Å². The molecule has 204 valence electrons. The number of imidazole rings is 1. The molecule has 0 saturated carbocycles. The van der Waals surface area contributed by atoms with Gasteiger partial charge in [0.1, 0.15) is 28.7 Å². The Morgan fingerprint density at radius 2 is 1.73 bits per heavy atom. The third kappa shape index (κ3) is 4.85. The van der Waals surface area contributed by atoms with Crippen molar-refractivity contribution in [3.8, 4) is 28.4 Å². The maximum Gasteiger partial charge on any atom is 0.247 e. The highest BCUT2D eigenvalue weighted by molar-refractivity contribution is 6.41. The van der Waals surface area contributed by atoms with Gasteiger partial charge < -0.3 is 24.8 Å². The third-order valence-corrected chi connectivity index (χ3v) is 7.06. The van der Waals surface area contributed by atoms with E-state index in [1.54, 1.807) is 37.6 Å². The molecular formula is C29H25Cl2N5O4. The Bertz CT molecular complexity index is 1770. The number of ether oxygens (including phenoxy) is 3. The molecule has 0 saturated heterocycles. The van der Waals surface area contributed by atoms with E-state index < -0.39 is 0 Å². The summed E-state index contributed by atoms with van der Waals surface area (Å²) in [4.78, 5) is 21.4. The molecule has 2 aromatic carbocycles. The van der Waals surface area contributed by atoms with Gasteiger partial charge in [0.25, 0.3) is 0 Å². The number of anilines is 3. The zero-order valence-electron chi connectivity index (χ0n) is 22.1. The molecule has 0 aliphatic carbocycles. The van der Waals surface area contributed by atoms with Crippen LogP contribution in [0.3, 0.4) is 0 Å². The van der Waals surface area contributed by atoms with E-state index in [2.05, 4.69) is 22.2 Å². The van der Waals surface area contributed by atoms with Crippen LogP contribution in [0.5, 0.6) is 17.2 Å². The van der Waals surface area contributed by atoms with E-state index in [-0.39, 0.29) is 5.91 Å². The predicted molar refractivity (Wildman–Crippen MR) is 159 cm³/mol. The van der Waals surface area contributed by atoms with E-state index in [4.69, 9.17) is 42.4 Å². The fraction of sp³-hybridized carbons (Fsp3) is 0.138. The molecule has 11 heteroatoms. The lowest BCUT2D eigenvalue weighted by atomic mass is 10.0. The van der Waals surface area contributed by atoms with Gasteiger partial charge in [0.2, 0.25) is 5.91 Å². The van der Waals surface area contributed by atoms with E-state index in [1.807, 2.05) is 29.7 Å². The number of aryl methyl sites for hydroxylation is 1. The first-order chi connectivity index (χ1) is 19.3. The highest BCUT2D eigenvalue weighted by Crippen LogP contribution is 2.47. The lowest BCUT2D eigenvalue weighted by Gasteiger charge is -2.17. The second-order valence-electron chi connectivity index (χ2n) is 8.78. The molecule has 5 rings (SSSR count). The van der Waals surface area contributed by atoms with Crippen molar-refractivity contribution in [3.63, 3.8) is 0 Å². The second kappa shape index (κ2) is 11.0. The van der Waals surface area contributed by atoms with E-state index in [0.717, 1.165) is 16.6 Å². The van der Waals surface area contributed by atoms with Crippen LogP contribution in [0.1, 0.15) is 5.69 Å². The van der Waals surface area contributed by atoms with Crippen molar-refractivity contribution < 1.29 is 19.0 Å². The van der Waals surface area contributed by atoms with Gasteiger partial charge in [0, 0.05) is 47.1 Å². The number of carbonyl (C=O) groups excluding carboxylic acids is 1. The molecule has 0 aliphatic heterocycles. The van der Waals surface area contributed by atoms with Gasteiger partial charge in [-0.25, -0.2) is 9.97 Å². The Morgan fingerprint density at radius 1 is 1.00 bits per heavy atom. The average molecular weight is 578 g/mol. The summed E-state index contributed by atoms with van der Waals surface area (Å²) in [5.41, 5.74) is 4.65. The fourth-order valence-electron chi connectivity index (χ4n) is 4.43. The number of hydrogen-bond acceptors (Lipinski definition) is 7. The zero-order chi connectivity index (χ0) is 28.6. The molecular weight excluding hydrogens is 553 g/mol. The number of benzene rings is 2. The fourth-order valence-corrected chi connectivity index (χ4v) is 5.13. The number of hydrogen-bond donors (Lipinski definition) is 2. The molecule has 3 aromatic heterocycles. The molecule has 0 aliphatic rings. The summed E-state index contributed by atoms with van der Waals surface area (Å²) in [6.07, 6.45) is 4.86. The number of rotatable bonds is 8. The van der Waals surface area contributed by atoms with Gasteiger partial charge in [-0.05, 0) is 31.2 Å². The topological polar surface area (TPSA) is 99.0 Å². The van der Waals surface area contributed by atoms with E-state index >= 15 is 0 Å². The van der Waals surface area contributed by atoms with Gasteiger partial charge in [-0.1, -0.05) is 29.8 Å². The van der Waals surface area contributed by atoms with E-state index in [0.29, 0.717) is 61.3 Å². The number of nitrogens with zero attached hydrogens (tertiary/aromatic N) is 3. The van der Waals surface area contributed by atoms with Crippen molar-refractivity contribution in [1.82, 2.24) is 14.4 Å². The van der Waals surface area contributed by atoms with Gasteiger partial charge in [0.15, 0.2) is 0 Å². The summed E-state index contributed by atoms with van der Waals surface area (Å²) in [5.74, 6) is 1.64. The molecule has 0 unspecified atom stereocenters. The number of fused-ring (bicyclic) bond motifs is 3. The summed E-state index contributed by atoms with van der Waals surface area (Å²) in [6.45, 7) is 5.43. The minimum absolute atomic E-state index is 0.343. The quantitative estimate of drug-likeness (QED) is 0.190. The molecule has 5 aromatic rings. The summed E-state index contributed by atoms with van der Waals surface area (Å²) < 4.78 is 18.2. The average Bonchev–Trinajstić information content (AvgIpc) is 3.36. The van der Waals surface area contributed by atoms with Crippen molar-refractivity contribution in [2.24, 2.45) is 0 Å². The summed E-state index contributed by atoms with van der Waals surface area (Å²) in [5, 5.41) is 7.58. The standard InChI is InChI=1S/C29H25Cl2N5O4/c1-6-25(37)35-20-10-17(38-3)7-8-19(20)34-24-11-21-16(13-32-24)9-18(29-33-15(2)14-36(21)29)26-27(30)22(39-4)12-23(40-5)28(26)31/h6-14H,1H2,2-5H3,(H,32,34)(H,35,37). The second-order valence-corrected chi connectivity index (χ2v) is 9.53. The predicted octanol–water partition coefficient (Wildman–Crippen LogP) is 7.06. The van der Waals surface area contributed by atoms with Crippen LogP contribution >= 0.6 is 23.2 Å². The van der Waals surface area contributed by atoms with Crippen molar-refractivity contribution >= 4 is 62.9 Å². The number of pyridine rings is 2. The zero-order valence-corrected chi connectivity index (χ0v) is 23.6. The van der Waals surface area contributed by atoms with Crippen LogP contribution in [0.4, 0.5) is 17.2 Å². The molecule has 9 nitrogen and oxygen atoms in total. The molecule has 1 amide bonds. The molecule has 0 radical (unpaired) electrons. The Kier molecular flexibility index (Phi) is 7.42. The van der Waals surface area contributed by atoms with Gasteiger partial charge in [0.05, 0.1) is 54.0 Å². The number of nitrogens with one attached hydrogen (secondary N) is 2. The van der Waals surface area contributed by atoms with Crippen molar-refractivity contribution in [3.05, 3.63) is 77.2 Å². The van der Waals surface area contributed by atoms with Crippen molar-refractivity contribution in [1.29, 1.82) is 0 Å².